The standard InChI is InChI=1S/C10H11NO3S/c1-8-3-4-10(9(7-8)14-2)15(12,13)6-5-11/h3-4,7H,6H2,1-2H3. The molecule has 0 aliphatic rings. The van der Waals surface area contributed by atoms with Gasteiger partial charge in [-0.2, -0.15) is 5.26 Å². The smallest absolute Gasteiger partial charge is 0.195 e. The molecule has 1 aromatic carbocycles. The van der Waals surface area contributed by atoms with E-state index >= 15 is 0 Å². The first-order chi connectivity index (χ1) is 7.01. The van der Waals surface area contributed by atoms with E-state index < -0.39 is 15.6 Å². The first-order valence-electron chi connectivity index (χ1n) is 4.25. The molecule has 0 atom stereocenters. The molecule has 15 heavy (non-hydrogen) atoms. The van der Waals surface area contributed by atoms with Crippen LogP contribution in [0.15, 0.2) is 23.1 Å². The lowest BCUT2D eigenvalue weighted by molar-refractivity contribution is 0.402. The molecule has 1 rings (SSSR count). The third-order valence-electron chi connectivity index (χ3n) is 1.91. The molecule has 0 bridgehead atoms. The van der Waals surface area contributed by atoms with Crippen molar-refractivity contribution >= 4 is 9.84 Å². The van der Waals surface area contributed by atoms with E-state index in [1.165, 1.54) is 13.2 Å². The molecular weight excluding hydrogens is 214 g/mol. The normalized spacial score (nSPS) is 10.7. The van der Waals surface area contributed by atoms with Gasteiger partial charge in [0.05, 0.1) is 13.2 Å². The molecule has 0 fully saturated rings. The van der Waals surface area contributed by atoms with Crippen LogP contribution in [0.1, 0.15) is 5.56 Å². The highest BCUT2D eigenvalue weighted by Gasteiger charge is 2.18. The molecule has 0 heterocycles. The fraction of sp³-hybridized carbons (Fsp3) is 0.300. The van der Waals surface area contributed by atoms with Crippen LogP contribution >= 0.6 is 0 Å². The predicted octanol–water partition coefficient (Wildman–Crippen LogP) is 1.30. The first kappa shape index (κ1) is 11.5. The van der Waals surface area contributed by atoms with E-state index in [-0.39, 0.29) is 10.6 Å². The van der Waals surface area contributed by atoms with Gasteiger partial charge in [0.1, 0.15) is 16.4 Å². The second-order valence-corrected chi connectivity index (χ2v) is 5.03. The fourth-order valence-electron chi connectivity index (χ4n) is 1.19. The van der Waals surface area contributed by atoms with E-state index in [1.807, 2.05) is 6.92 Å². The average Bonchev–Trinajstić information content (AvgIpc) is 2.17. The molecule has 0 saturated carbocycles. The number of aryl methyl sites for hydroxylation is 1. The van der Waals surface area contributed by atoms with Gasteiger partial charge in [-0.25, -0.2) is 8.42 Å². The summed E-state index contributed by atoms with van der Waals surface area (Å²) in [5, 5.41) is 8.41. The Bertz CT molecular complexity index is 500. The lowest BCUT2D eigenvalue weighted by atomic mass is 10.2. The molecule has 0 radical (unpaired) electrons. The van der Waals surface area contributed by atoms with Crippen molar-refractivity contribution in [2.75, 3.05) is 12.9 Å². The molecule has 80 valence electrons. The van der Waals surface area contributed by atoms with Crippen molar-refractivity contribution in [3.63, 3.8) is 0 Å². The maximum atomic E-state index is 11.6. The van der Waals surface area contributed by atoms with Crippen molar-refractivity contribution in [2.45, 2.75) is 11.8 Å². The minimum atomic E-state index is -3.56. The minimum absolute atomic E-state index is 0.0668. The summed E-state index contributed by atoms with van der Waals surface area (Å²) in [4.78, 5) is 0.0668. The van der Waals surface area contributed by atoms with Crippen LogP contribution in [0.25, 0.3) is 0 Å². The van der Waals surface area contributed by atoms with E-state index in [0.717, 1.165) is 5.56 Å². The van der Waals surface area contributed by atoms with Gasteiger partial charge >= 0.3 is 0 Å². The Hall–Kier alpha value is -1.54. The summed E-state index contributed by atoms with van der Waals surface area (Å²) >= 11 is 0. The van der Waals surface area contributed by atoms with E-state index in [9.17, 15) is 8.42 Å². The molecule has 0 aliphatic carbocycles. The Morgan fingerprint density at radius 3 is 2.67 bits per heavy atom. The van der Waals surface area contributed by atoms with E-state index in [2.05, 4.69) is 0 Å². The fourth-order valence-corrected chi connectivity index (χ4v) is 2.24. The van der Waals surface area contributed by atoms with Crippen molar-refractivity contribution in [2.24, 2.45) is 0 Å². The molecule has 0 unspecified atom stereocenters. The van der Waals surface area contributed by atoms with E-state index in [4.69, 9.17) is 10.00 Å². The number of sulfone groups is 1. The highest BCUT2D eigenvalue weighted by atomic mass is 32.2. The highest BCUT2D eigenvalue weighted by molar-refractivity contribution is 7.91. The third-order valence-corrected chi connectivity index (χ3v) is 3.43. The summed E-state index contributed by atoms with van der Waals surface area (Å²) in [5.41, 5.74) is 0.905. The Labute approximate surface area is 89.0 Å². The minimum Gasteiger partial charge on any atom is -0.495 e. The van der Waals surface area contributed by atoms with Crippen molar-refractivity contribution in [3.8, 4) is 11.8 Å². The van der Waals surface area contributed by atoms with Gasteiger partial charge < -0.3 is 4.74 Å². The van der Waals surface area contributed by atoms with Crippen LogP contribution < -0.4 is 4.74 Å². The summed E-state index contributed by atoms with van der Waals surface area (Å²) in [6.45, 7) is 1.84. The van der Waals surface area contributed by atoms with Crippen molar-refractivity contribution in [1.82, 2.24) is 0 Å². The van der Waals surface area contributed by atoms with Gasteiger partial charge in [-0.05, 0) is 24.6 Å². The van der Waals surface area contributed by atoms with Crippen LogP contribution in [0.2, 0.25) is 0 Å². The number of rotatable bonds is 3. The molecule has 5 heteroatoms. The number of hydrogen-bond acceptors (Lipinski definition) is 4. The molecule has 0 aromatic heterocycles. The number of hydrogen-bond donors (Lipinski definition) is 0. The molecule has 0 aliphatic heterocycles. The zero-order valence-electron chi connectivity index (χ0n) is 8.52. The van der Waals surface area contributed by atoms with Gasteiger partial charge in [0.25, 0.3) is 0 Å². The van der Waals surface area contributed by atoms with Gasteiger partial charge in [-0.3, -0.25) is 0 Å². The molecule has 4 nitrogen and oxygen atoms in total. The molecule has 0 saturated heterocycles. The van der Waals surface area contributed by atoms with Crippen LogP contribution in [0.3, 0.4) is 0 Å². The number of methoxy groups -OCH3 is 1. The second-order valence-electron chi connectivity index (χ2n) is 3.07. The summed E-state index contributed by atoms with van der Waals surface area (Å²) in [7, 11) is -2.15. The SMILES string of the molecule is COc1cc(C)ccc1S(=O)(=O)CC#N. The Morgan fingerprint density at radius 2 is 2.13 bits per heavy atom. The van der Waals surface area contributed by atoms with Gasteiger partial charge in [-0.1, -0.05) is 6.07 Å². The molecule has 0 N–H and O–H groups in total. The zero-order valence-corrected chi connectivity index (χ0v) is 9.34. The Morgan fingerprint density at radius 1 is 1.47 bits per heavy atom. The topological polar surface area (TPSA) is 67.2 Å². The maximum absolute atomic E-state index is 11.6. The van der Waals surface area contributed by atoms with Crippen LogP contribution in [0.4, 0.5) is 0 Å². The third kappa shape index (κ3) is 2.48. The summed E-state index contributed by atoms with van der Waals surface area (Å²) in [6, 6.07) is 6.39. The molecule has 1 aromatic rings. The average molecular weight is 225 g/mol. The largest absolute Gasteiger partial charge is 0.495 e. The van der Waals surface area contributed by atoms with Gasteiger partial charge in [-0.15, -0.1) is 0 Å². The van der Waals surface area contributed by atoms with Crippen LogP contribution in [0.5, 0.6) is 5.75 Å². The zero-order chi connectivity index (χ0) is 11.5. The number of ether oxygens (including phenoxy) is 1. The number of nitrogens with zero attached hydrogens (tertiary/aromatic N) is 1. The highest BCUT2D eigenvalue weighted by Crippen LogP contribution is 2.25. The summed E-state index contributed by atoms with van der Waals surface area (Å²) < 4.78 is 28.2. The lowest BCUT2D eigenvalue weighted by Crippen LogP contribution is -2.07. The summed E-state index contributed by atoms with van der Waals surface area (Å²) in [5.74, 6) is -0.253. The maximum Gasteiger partial charge on any atom is 0.195 e. The van der Waals surface area contributed by atoms with Crippen molar-refractivity contribution < 1.29 is 13.2 Å². The molecule has 0 spiro atoms. The molecular formula is C10H11NO3S. The van der Waals surface area contributed by atoms with Crippen molar-refractivity contribution in [1.29, 1.82) is 5.26 Å². The van der Waals surface area contributed by atoms with E-state index in [1.54, 1.807) is 18.2 Å². The van der Waals surface area contributed by atoms with Crippen molar-refractivity contribution in [3.05, 3.63) is 23.8 Å². The van der Waals surface area contributed by atoms with Gasteiger partial charge in [0.15, 0.2) is 9.84 Å². The molecule has 0 amide bonds. The first-order valence-corrected chi connectivity index (χ1v) is 5.91. The Balaban J connectivity index is 3.33. The van der Waals surface area contributed by atoms with Crippen LogP contribution in [-0.4, -0.2) is 21.3 Å². The number of nitriles is 1. The van der Waals surface area contributed by atoms with E-state index in [0.29, 0.717) is 0 Å². The quantitative estimate of drug-likeness (QED) is 0.777. The summed E-state index contributed by atoms with van der Waals surface area (Å²) in [6.07, 6.45) is 0. The lowest BCUT2D eigenvalue weighted by Gasteiger charge is -2.07. The van der Waals surface area contributed by atoms with Crippen LogP contribution in [0, 0.1) is 18.3 Å². The number of benzene rings is 1. The monoisotopic (exact) mass is 225 g/mol. The van der Waals surface area contributed by atoms with Crippen LogP contribution in [-0.2, 0) is 9.84 Å². The predicted molar refractivity (Wildman–Crippen MR) is 55.4 cm³/mol. The van der Waals surface area contributed by atoms with Gasteiger partial charge in [0.2, 0.25) is 0 Å². The second kappa shape index (κ2) is 4.32. The Kier molecular flexibility index (Phi) is 3.32. The van der Waals surface area contributed by atoms with Gasteiger partial charge in [0, 0.05) is 0 Å².